The van der Waals surface area contributed by atoms with Crippen molar-refractivity contribution in [2.24, 2.45) is 0 Å². The minimum Gasteiger partial charge on any atom is -0.493 e. The van der Waals surface area contributed by atoms with Gasteiger partial charge in [-0.3, -0.25) is 9.52 Å². The maximum Gasteiger partial charge on any atom is 0.261 e. The lowest BCUT2D eigenvalue weighted by atomic mass is 10.1. The number of benzene rings is 4. The van der Waals surface area contributed by atoms with E-state index in [-0.39, 0.29) is 10.8 Å². The molecule has 0 saturated carbocycles. The topological polar surface area (TPSA) is 93.7 Å². The fourth-order valence-electron chi connectivity index (χ4n) is 3.63. The second-order valence-electron chi connectivity index (χ2n) is 7.92. The summed E-state index contributed by atoms with van der Waals surface area (Å²) < 4.78 is 39.2. The summed E-state index contributed by atoms with van der Waals surface area (Å²) in [4.78, 5) is 13.7. The van der Waals surface area contributed by atoms with E-state index in [2.05, 4.69) is 10.0 Å². The molecule has 0 aliphatic rings. The molecule has 1 atom stereocenters. The molecule has 9 heteroatoms. The molecule has 36 heavy (non-hydrogen) atoms. The molecule has 4 aromatic rings. The van der Waals surface area contributed by atoms with E-state index in [1.807, 2.05) is 42.5 Å². The van der Waals surface area contributed by atoms with Gasteiger partial charge in [0.1, 0.15) is 0 Å². The van der Waals surface area contributed by atoms with Gasteiger partial charge < -0.3 is 14.8 Å². The number of thioether (sulfide) groups is 1. The number of ether oxygens (including phenoxy) is 2. The zero-order chi connectivity index (χ0) is 25.7. The predicted octanol–water partition coefficient (Wildman–Crippen LogP) is 5.78. The summed E-state index contributed by atoms with van der Waals surface area (Å²) in [5.41, 5.74) is 1.01. The monoisotopic (exact) mass is 522 g/mol. The lowest BCUT2D eigenvalue weighted by Crippen LogP contribution is -2.22. The molecule has 0 spiro atoms. The number of carbonyl (C=O) groups is 1. The Balaban J connectivity index is 1.42. The average molecular weight is 523 g/mol. The first-order chi connectivity index (χ1) is 17.3. The van der Waals surface area contributed by atoms with Crippen molar-refractivity contribution in [3.8, 4) is 11.5 Å². The predicted molar refractivity (Wildman–Crippen MR) is 145 cm³/mol. The van der Waals surface area contributed by atoms with E-state index < -0.39 is 15.3 Å². The minimum atomic E-state index is -3.81. The van der Waals surface area contributed by atoms with Gasteiger partial charge in [-0.15, -0.1) is 11.8 Å². The maximum absolute atomic E-state index is 13.0. The molecule has 0 heterocycles. The second kappa shape index (κ2) is 10.9. The second-order valence-corrected chi connectivity index (χ2v) is 11.0. The molecule has 0 aromatic heterocycles. The highest BCUT2D eigenvalue weighted by atomic mass is 32.2. The summed E-state index contributed by atoms with van der Waals surface area (Å²) >= 11 is 1.38. The van der Waals surface area contributed by atoms with Gasteiger partial charge in [-0.25, -0.2) is 8.42 Å². The average Bonchev–Trinajstić information content (AvgIpc) is 2.89. The van der Waals surface area contributed by atoms with Crippen LogP contribution in [0.25, 0.3) is 10.8 Å². The van der Waals surface area contributed by atoms with Crippen LogP contribution in [0.4, 0.5) is 11.4 Å². The van der Waals surface area contributed by atoms with Crippen molar-refractivity contribution in [3.63, 3.8) is 0 Å². The summed E-state index contributed by atoms with van der Waals surface area (Å²) in [7, 11) is -0.683. The molecular weight excluding hydrogens is 496 g/mol. The van der Waals surface area contributed by atoms with Crippen LogP contribution < -0.4 is 19.5 Å². The van der Waals surface area contributed by atoms with Crippen LogP contribution in [0.3, 0.4) is 0 Å². The van der Waals surface area contributed by atoms with Crippen LogP contribution in [-0.4, -0.2) is 33.8 Å². The van der Waals surface area contributed by atoms with E-state index in [0.717, 1.165) is 15.7 Å². The fourth-order valence-corrected chi connectivity index (χ4v) is 5.60. The van der Waals surface area contributed by atoms with E-state index in [1.165, 1.54) is 23.9 Å². The van der Waals surface area contributed by atoms with Crippen LogP contribution in [0.5, 0.6) is 11.5 Å². The molecular formula is C27H26N2O5S2. The van der Waals surface area contributed by atoms with Crippen LogP contribution >= 0.6 is 11.8 Å². The van der Waals surface area contributed by atoms with E-state index >= 15 is 0 Å². The third-order valence-corrected chi connectivity index (χ3v) is 7.98. The smallest absolute Gasteiger partial charge is 0.261 e. The number of methoxy groups -OCH3 is 2. The number of hydrogen-bond acceptors (Lipinski definition) is 6. The molecule has 7 nitrogen and oxygen atoms in total. The number of carbonyl (C=O) groups excluding carboxylic acids is 1. The fraction of sp³-hybridized carbons (Fsp3) is 0.148. The van der Waals surface area contributed by atoms with Gasteiger partial charge in [0.15, 0.2) is 11.5 Å². The molecule has 0 fully saturated rings. The number of amides is 1. The van der Waals surface area contributed by atoms with Crippen LogP contribution in [0.1, 0.15) is 6.92 Å². The van der Waals surface area contributed by atoms with E-state index in [1.54, 1.807) is 51.5 Å². The first-order valence-electron chi connectivity index (χ1n) is 11.1. The van der Waals surface area contributed by atoms with Crippen molar-refractivity contribution in [1.82, 2.24) is 0 Å². The van der Waals surface area contributed by atoms with Gasteiger partial charge in [-0.1, -0.05) is 36.4 Å². The quantitative estimate of drug-likeness (QED) is 0.271. The first kappa shape index (κ1) is 25.4. The standard InChI is InChI=1S/C27H26N2O5S2/c1-18(35-21-13-16-25(33-2)26(17-21)34-3)27(30)28-20-11-14-22(15-12-20)36(31,32)29-24-10-6-8-19-7-4-5-9-23(19)24/h4-18,29H,1-3H3,(H,28,30). The molecule has 186 valence electrons. The SMILES string of the molecule is COc1ccc(SC(C)C(=O)Nc2ccc(S(=O)(=O)Nc3cccc4ccccc34)cc2)cc1OC. The molecule has 4 aromatic carbocycles. The Bertz CT molecular complexity index is 1480. The molecule has 0 aliphatic carbocycles. The zero-order valence-corrected chi connectivity index (χ0v) is 21.7. The number of sulfonamides is 1. The third kappa shape index (κ3) is 5.75. The van der Waals surface area contributed by atoms with Crippen molar-refractivity contribution < 1.29 is 22.7 Å². The number of nitrogens with one attached hydrogen (secondary N) is 2. The lowest BCUT2D eigenvalue weighted by molar-refractivity contribution is -0.115. The molecule has 4 rings (SSSR count). The molecule has 1 amide bonds. The minimum absolute atomic E-state index is 0.0983. The Kier molecular flexibility index (Phi) is 7.71. The van der Waals surface area contributed by atoms with Crippen LogP contribution in [0.15, 0.2) is 94.7 Å². The summed E-state index contributed by atoms with van der Waals surface area (Å²) in [6, 6.07) is 24.6. The molecule has 1 unspecified atom stereocenters. The summed E-state index contributed by atoms with van der Waals surface area (Å²) in [5, 5.41) is 4.19. The Morgan fingerprint density at radius 1 is 0.861 bits per heavy atom. The first-order valence-corrected chi connectivity index (χ1v) is 13.5. The highest BCUT2D eigenvalue weighted by Gasteiger charge is 2.18. The lowest BCUT2D eigenvalue weighted by Gasteiger charge is -2.14. The van der Waals surface area contributed by atoms with E-state index in [0.29, 0.717) is 22.9 Å². The molecule has 0 aliphatic heterocycles. The van der Waals surface area contributed by atoms with Gasteiger partial charge in [-0.2, -0.15) is 0 Å². The summed E-state index contributed by atoms with van der Waals surface area (Å²) in [5.74, 6) is 0.993. The molecule has 0 saturated heterocycles. The largest absolute Gasteiger partial charge is 0.493 e. The normalized spacial score (nSPS) is 12.1. The molecule has 2 N–H and O–H groups in total. The number of anilines is 2. The Morgan fingerprint density at radius 2 is 1.56 bits per heavy atom. The van der Waals surface area contributed by atoms with Crippen molar-refractivity contribution in [3.05, 3.63) is 84.9 Å². The highest BCUT2D eigenvalue weighted by molar-refractivity contribution is 8.00. The Labute approximate surface area is 214 Å². The van der Waals surface area contributed by atoms with Crippen LogP contribution in [0.2, 0.25) is 0 Å². The highest BCUT2D eigenvalue weighted by Crippen LogP contribution is 2.34. The van der Waals surface area contributed by atoms with Gasteiger partial charge in [0.05, 0.1) is 30.1 Å². The van der Waals surface area contributed by atoms with Crippen molar-refractivity contribution in [2.75, 3.05) is 24.3 Å². The van der Waals surface area contributed by atoms with Crippen molar-refractivity contribution in [1.29, 1.82) is 0 Å². The van der Waals surface area contributed by atoms with Crippen molar-refractivity contribution >= 4 is 49.8 Å². The molecule has 0 bridgehead atoms. The Hall–Kier alpha value is -3.69. The number of hydrogen-bond donors (Lipinski definition) is 2. The summed E-state index contributed by atoms with van der Waals surface area (Å²) in [6.07, 6.45) is 0. The number of fused-ring (bicyclic) bond motifs is 1. The van der Waals surface area contributed by atoms with Gasteiger partial charge in [-0.05, 0) is 60.8 Å². The zero-order valence-electron chi connectivity index (χ0n) is 20.0. The van der Waals surface area contributed by atoms with Gasteiger partial charge in [0.25, 0.3) is 10.0 Å². The van der Waals surface area contributed by atoms with Gasteiger partial charge in [0.2, 0.25) is 5.91 Å². The summed E-state index contributed by atoms with van der Waals surface area (Å²) in [6.45, 7) is 1.80. The van der Waals surface area contributed by atoms with Crippen molar-refractivity contribution in [2.45, 2.75) is 22.0 Å². The van der Waals surface area contributed by atoms with Gasteiger partial charge >= 0.3 is 0 Å². The van der Waals surface area contributed by atoms with Crippen LogP contribution in [-0.2, 0) is 14.8 Å². The van der Waals surface area contributed by atoms with Crippen LogP contribution in [0, 0.1) is 0 Å². The van der Waals surface area contributed by atoms with Gasteiger partial charge in [0, 0.05) is 16.0 Å². The van der Waals surface area contributed by atoms with E-state index in [9.17, 15) is 13.2 Å². The maximum atomic E-state index is 13.0. The molecule has 0 radical (unpaired) electrons. The number of rotatable bonds is 9. The Morgan fingerprint density at radius 3 is 2.28 bits per heavy atom. The third-order valence-electron chi connectivity index (χ3n) is 5.50. The van der Waals surface area contributed by atoms with E-state index in [4.69, 9.17) is 9.47 Å².